The van der Waals surface area contributed by atoms with Crippen LogP contribution in [0.1, 0.15) is 39.5 Å². The fourth-order valence-electron chi connectivity index (χ4n) is 3.12. The normalized spacial score (nSPS) is 42.0. The number of ether oxygens (including phenoxy) is 1. The zero-order valence-corrected chi connectivity index (χ0v) is 8.25. The van der Waals surface area contributed by atoms with Crippen molar-refractivity contribution < 1.29 is 4.74 Å². The Hall–Kier alpha value is -0.0400. The third-order valence-corrected chi connectivity index (χ3v) is 3.69. The highest BCUT2D eigenvalue weighted by molar-refractivity contribution is 5.01. The average Bonchev–Trinajstić information content (AvgIpc) is 2.78. The Balaban J connectivity index is 1.83. The van der Waals surface area contributed by atoms with Crippen molar-refractivity contribution in [3.05, 3.63) is 0 Å². The van der Waals surface area contributed by atoms with E-state index < -0.39 is 0 Å². The zero-order chi connectivity index (χ0) is 8.55. The molecule has 1 heteroatoms. The first-order chi connectivity index (χ1) is 5.84. The van der Waals surface area contributed by atoms with Gasteiger partial charge in [0.25, 0.3) is 0 Å². The highest BCUT2D eigenvalue weighted by Crippen LogP contribution is 2.57. The third-order valence-electron chi connectivity index (χ3n) is 3.69. The Morgan fingerprint density at radius 1 is 1.25 bits per heavy atom. The molecule has 0 aromatic rings. The molecule has 0 amide bonds. The van der Waals surface area contributed by atoms with Gasteiger partial charge in [-0.2, -0.15) is 0 Å². The van der Waals surface area contributed by atoms with Crippen LogP contribution in [0, 0.1) is 17.8 Å². The van der Waals surface area contributed by atoms with Gasteiger partial charge >= 0.3 is 0 Å². The second kappa shape index (κ2) is 3.37. The van der Waals surface area contributed by atoms with Gasteiger partial charge in [-0.05, 0) is 44.4 Å². The Morgan fingerprint density at radius 3 is 2.33 bits per heavy atom. The predicted octanol–water partition coefficient (Wildman–Crippen LogP) is 2.85. The van der Waals surface area contributed by atoms with Crippen molar-refractivity contribution in [1.29, 1.82) is 0 Å². The minimum Gasteiger partial charge on any atom is -0.378 e. The first kappa shape index (κ1) is 8.55. The maximum absolute atomic E-state index is 5.66. The molecule has 0 aromatic heterocycles. The van der Waals surface area contributed by atoms with Gasteiger partial charge in [0.2, 0.25) is 0 Å². The molecule has 12 heavy (non-hydrogen) atoms. The largest absolute Gasteiger partial charge is 0.378 e. The van der Waals surface area contributed by atoms with Crippen LogP contribution >= 0.6 is 0 Å². The Labute approximate surface area is 75.5 Å². The van der Waals surface area contributed by atoms with E-state index in [1.807, 2.05) is 0 Å². The van der Waals surface area contributed by atoms with E-state index in [1.165, 1.54) is 25.7 Å². The van der Waals surface area contributed by atoms with Crippen LogP contribution in [-0.2, 0) is 4.74 Å². The van der Waals surface area contributed by atoms with Crippen molar-refractivity contribution in [2.75, 3.05) is 6.61 Å². The fourth-order valence-corrected chi connectivity index (χ4v) is 3.12. The molecule has 0 aliphatic heterocycles. The highest BCUT2D eigenvalue weighted by atomic mass is 16.5. The summed E-state index contributed by atoms with van der Waals surface area (Å²) in [7, 11) is 0. The Kier molecular flexibility index (Phi) is 2.40. The topological polar surface area (TPSA) is 9.23 Å². The number of fused-ring (bicyclic) bond motifs is 1. The third kappa shape index (κ3) is 1.39. The predicted molar refractivity (Wildman–Crippen MR) is 50.0 cm³/mol. The van der Waals surface area contributed by atoms with Crippen LogP contribution in [0.3, 0.4) is 0 Å². The molecule has 3 atom stereocenters. The van der Waals surface area contributed by atoms with Crippen molar-refractivity contribution in [2.45, 2.75) is 45.6 Å². The summed E-state index contributed by atoms with van der Waals surface area (Å²) in [6, 6.07) is 0. The van der Waals surface area contributed by atoms with Crippen molar-refractivity contribution >= 4 is 0 Å². The van der Waals surface area contributed by atoms with E-state index in [4.69, 9.17) is 4.74 Å². The molecule has 70 valence electrons. The van der Waals surface area contributed by atoms with Gasteiger partial charge in [-0.1, -0.05) is 12.8 Å². The molecule has 0 heterocycles. The smallest absolute Gasteiger partial charge is 0.0580 e. The van der Waals surface area contributed by atoms with Crippen molar-refractivity contribution in [2.24, 2.45) is 17.8 Å². The number of rotatable bonds is 3. The monoisotopic (exact) mass is 168 g/mol. The molecule has 2 aliphatic rings. The molecule has 0 aromatic carbocycles. The maximum Gasteiger partial charge on any atom is 0.0580 e. The number of hydrogen-bond donors (Lipinski definition) is 0. The SMILES string of the molecule is CCOC(C)C1C2CCCCC21. The van der Waals surface area contributed by atoms with E-state index >= 15 is 0 Å². The zero-order valence-electron chi connectivity index (χ0n) is 8.25. The van der Waals surface area contributed by atoms with Crippen LogP contribution in [0.25, 0.3) is 0 Å². The molecular weight excluding hydrogens is 148 g/mol. The quantitative estimate of drug-likeness (QED) is 0.629. The van der Waals surface area contributed by atoms with Gasteiger partial charge in [0, 0.05) is 6.61 Å². The van der Waals surface area contributed by atoms with Gasteiger partial charge in [0.15, 0.2) is 0 Å². The van der Waals surface area contributed by atoms with Crippen LogP contribution in [0.5, 0.6) is 0 Å². The van der Waals surface area contributed by atoms with E-state index in [9.17, 15) is 0 Å². The van der Waals surface area contributed by atoms with Crippen LogP contribution in [0.2, 0.25) is 0 Å². The molecule has 0 radical (unpaired) electrons. The maximum atomic E-state index is 5.66. The van der Waals surface area contributed by atoms with E-state index in [2.05, 4.69) is 13.8 Å². The molecule has 0 saturated heterocycles. The minimum atomic E-state index is 0.531. The van der Waals surface area contributed by atoms with Gasteiger partial charge in [-0.15, -0.1) is 0 Å². The summed E-state index contributed by atoms with van der Waals surface area (Å²) in [5, 5.41) is 0. The van der Waals surface area contributed by atoms with Crippen molar-refractivity contribution in [3.8, 4) is 0 Å². The van der Waals surface area contributed by atoms with Gasteiger partial charge in [0.05, 0.1) is 6.10 Å². The summed E-state index contributed by atoms with van der Waals surface area (Å²) < 4.78 is 5.66. The van der Waals surface area contributed by atoms with E-state index in [0.717, 1.165) is 24.4 Å². The van der Waals surface area contributed by atoms with Crippen LogP contribution in [0.15, 0.2) is 0 Å². The van der Waals surface area contributed by atoms with Crippen LogP contribution in [-0.4, -0.2) is 12.7 Å². The standard InChI is InChI=1S/C11H20O/c1-3-12-8(2)11-9-6-4-5-7-10(9)11/h8-11H,3-7H2,1-2H3. The van der Waals surface area contributed by atoms with E-state index in [1.54, 1.807) is 0 Å². The first-order valence-corrected chi connectivity index (χ1v) is 5.46. The van der Waals surface area contributed by atoms with E-state index in [-0.39, 0.29) is 0 Å². The Bertz CT molecular complexity index is 143. The summed E-state index contributed by atoms with van der Waals surface area (Å²) in [6.45, 7) is 5.24. The van der Waals surface area contributed by atoms with Crippen LogP contribution < -0.4 is 0 Å². The molecule has 2 saturated carbocycles. The van der Waals surface area contributed by atoms with Gasteiger partial charge in [-0.25, -0.2) is 0 Å². The van der Waals surface area contributed by atoms with Gasteiger partial charge in [0.1, 0.15) is 0 Å². The fraction of sp³-hybridized carbons (Fsp3) is 1.00. The summed E-state index contributed by atoms with van der Waals surface area (Å²) in [6.07, 6.45) is 6.43. The summed E-state index contributed by atoms with van der Waals surface area (Å²) in [5.74, 6) is 3.01. The lowest BCUT2D eigenvalue weighted by Crippen LogP contribution is -2.12. The molecule has 2 fully saturated rings. The summed E-state index contributed by atoms with van der Waals surface area (Å²) in [4.78, 5) is 0. The molecular formula is C11H20O. The molecule has 1 nitrogen and oxygen atoms in total. The molecule has 0 N–H and O–H groups in total. The first-order valence-electron chi connectivity index (χ1n) is 5.46. The summed E-state index contributed by atoms with van der Waals surface area (Å²) in [5.41, 5.74) is 0. The van der Waals surface area contributed by atoms with Gasteiger partial charge < -0.3 is 4.74 Å². The van der Waals surface area contributed by atoms with Crippen LogP contribution in [0.4, 0.5) is 0 Å². The van der Waals surface area contributed by atoms with Crippen molar-refractivity contribution in [1.82, 2.24) is 0 Å². The lowest BCUT2D eigenvalue weighted by molar-refractivity contribution is 0.0541. The van der Waals surface area contributed by atoms with Crippen molar-refractivity contribution in [3.63, 3.8) is 0 Å². The number of hydrogen-bond acceptors (Lipinski definition) is 1. The Morgan fingerprint density at radius 2 is 1.83 bits per heavy atom. The lowest BCUT2D eigenvalue weighted by atomic mass is 10.0. The minimum absolute atomic E-state index is 0.531. The second-order valence-electron chi connectivity index (χ2n) is 4.35. The molecule has 0 spiro atoms. The molecule has 2 rings (SSSR count). The summed E-state index contributed by atoms with van der Waals surface area (Å²) >= 11 is 0. The van der Waals surface area contributed by atoms with Gasteiger partial charge in [-0.3, -0.25) is 0 Å². The lowest BCUT2D eigenvalue weighted by Gasteiger charge is -2.10. The molecule has 0 bridgehead atoms. The molecule has 3 unspecified atom stereocenters. The average molecular weight is 168 g/mol. The van der Waals surface area contributed by atoms with E-state index in [0.29, 0.717) is 6.10 Å². The second-order valence-corrected chi connectivity index (χ2v) is 4.35. The molecule has 2 aliphatic carbocycles. The highest BCUT2D eigenvalue weighted by Gasteiger charge is 2.53.